The number of para-hydroxylation sites is 1. The molecule has 0 unspecified atom stereocenters. The number of nitrogens with zero attached hydrogens (tertiary/aromatic N) is 3. The van der Waals surface area contributed by atoms with Crippen LogP contribution in [0.5, 0.6) is 0 Å². The molecule has 38 heavy (non-hydrogen) atoms. The minimum atomic E-state index is -4.44. The van der Waals surface area contributed by atoms with Crippen LogP contribution in [0.1, 0.15) is 45.7 Å². The summed E-state index contributed by atoms with van der Waals surface area (Å²) in [7, 11) is -4.44. The summed E-state index contributed by atoms with van der Waals surface area (Å²) in [6.45, 7) is 9.09. The molecule has 1 aliphatic heterocycles. The van der Waals surface area contributed by atoms with E-state index in [1.54, 1.807) is 33.8 Å². The second kappa shape index (κ2) is 10.4. The molecule has 1 heterocycles. The fourth-order valence-corrected chi connectivity index (χ4v) is 6.19. The molecule has 0 bridgehead atoms. The number of ether oxygens (including phenoxy) is 1. The number of carbonyl (C=O) groups excluding carboxylic acids is 2. The van der Waals surface area contributed by atoms with Gasteiger partial charge in [-0.25, -0.2) is 17.6 Å². The number of benzene rings is 2. The van der Waals surface area contributed by atoms with E-state index in [-0.39, 0.29) is 25.1 Å². The molecule has 1 amide bonds. The molecule has 1 fully saturated rings. The number of piperazine rings is 1. The van der Waals surface area contributed by atoms with E-state index in [4.69, 9.17) is 4.74 Å². The highest BCUT2D eigenvalue weighted by molar-refractivity contribution is 7.89. The van der Waals surface area contributed by atoms with Crippen molar-refractivity contribution in [1.82, 2.24) is 9.21 Å². The molecule has 206 valence electrons. The Labute approximate surface area is 221 Å². The van der Waals surface area contributed by atoms with Gasteiger partial charge in [0.1, 0.15) is 23.0 Å². The lowest BCUT2D eigenvalue weighted by atomic mass is 9.88. The Hall–Kier alpha value is -3.38. The lowest BCUT2D eigenvalue weighted by molar-refractivity contribution is -0.387. The van der Waals surface area contributed by atoms with Gasteiger partial charge in [0.05, 0.1) is 4.92 Å². The zero-order valence-electron chi connectivity index (χ0n) is 22.2. The van der Waals surface area contributed by atoms with Crippen LogP contribution in [0.2, 0.25) is 0 Å². The Morgan fingerprint density at radius 2 is 1.79 bits per heavy atom. The standard InChI is InChI=1S/C26H32FN3O7S/c1-17-11-12-19(20(27)15-17)16-26(6,24(32)37-25(3,4)5)28-13-14-29(18(2)23(28)31)38(35,36)22-10-8-7-9-21(22)30(33)34/h7-12,15,18H,13-14,16H2,1-6H3/t18-,26-/m0/s1. The quantitative estimate of drug-likeness (QED) is 0.293. The van der Waals surface area contributed by atoms with Gasteiger partial charge in [-0.3, -0.25) is 14.9 Å². The highest BCUT2D eigenvalue weighted by Crippen LogP contribution is 2.33. The van der Waals surface area contributed by atoms with E-state index in [1.165, 1.54) is 43.0 Å². The number of hydrogen-bond donors (Lipinski definition) is 0. The van der Waals surface area contributed by atoms with Crippen molar-refractivity contribution < 1.29 is 32.1 Å². The van der Waals surface area contributed by atoms with Crippen LogP contribution in [0.3, 0.4) is 0 Å². The molecule has 10 nitrogen and oxygen atoms in total. The number of nitro benzene ring substituents is 1. The van der Waals surface area contributed by atoms with Crippen molar-refractivity contribution in [2.45, 2.75) is 70.0 Å². The normalized spacial score (nSPS) is 18.7. The molecular weight excluding hydrogens is 517 g/mol. The molecule has 2 aromatic rings. The summed E-state index contributed by atoms with van der Waals surface area (Å²) in [5, 5.41) is 11.5. The molecule has 1 aliphatic rings. The van der Waals surface area contributed by atoms with E-state index >= 15 is 0 Å². The number of sulfonamides is 1. The molecule has 0 aromatic heterocycles. The third kappa shape index (κ3) is 5.70. The van der Waals surface area contributed by atoms with Gasteiger partial charge >= 0.3 is 5.97 Å². The van der Waals surface area contributed by atoms with E-state index in [9.17, 15) is 32.5 Å². The number of rotatable bonds is 7. The summed E-state index contributed by atoms with van der Waals surface area (Å²) in [4.78, 5) is 38.5. The zero-order valence-corrected chi connectivity index (χ0v) is 23.0. The first kappa shape index (κ1) is 29.2. The number of hydrogen-bond acceptors (Lipinski definition) is 7. The van der Waals surface area contributed by atoms with E-state index in [1.807, 2.05) is 0 Å². The van der Waals surface area contributed by atoms with E-state index in [0.717, 1.165) is 16.4 Å². The van der Waals surface area contributed by atoms with Gasteiger partial charge in [-0.2, -0.15) is 4.31 Å². The summed E-state index contributed by atoms with van der Waals surface area (Å²) in [5.41, 5.74) is -2.30. The van der Waals surface area contributed by atoms with Crippen LogP contribution in [0.15, 0.2) is 47.4 Å². The van der Waals surface area contributed by atoms with Gasteiger partial charge in [-0.1, -0.05) is 24.3 Å². The Bertz CT molecular complexity index is 1370. The van der Waals surface area contributed by atoms with Crippen molar-refractivity contribution in [1.29, 1.82) is 0 Å². The maximum Gasteiger partial charge on any atom is 0.332 e. The van der Waals surface area contributed by atoms with Gasteiger partial charge in [-0.15, -0.1) is 0 Å². The van der Waals surface area contributed by atoms with Crippen molar-refractivity contribution in [2.75, 3.05) is 13.1 Å². The van der Waals surface area contributed by atoms with Crippen molar-refractivity contribution in [2.24, 2.45) is 0 Å². The Kier molecular flexibility index (Phi) is 7.99. The van der Waals surface area contributed by atoms with Crippen LogP contribution in [0.4, 0.5) is 10.1 Å². The topological polar surface area (TPSA) is 127 Å². The fraction of sp³-hybridized carbons (Fsp3) is 0.462. The van der Waals surface area contributed by atoms with Gasteiger partial charge < -0.3 is 9.64 Å². The third-order valence-electron chi connectivity index (χ3n) is 6.43. The molecule has 2 atom stereocenters. The van der Waals surface area contributed by atoms with E-state index in [2.05, 4.69) is 0 Å². The summed E-state index contributed by atoms with van der Waals surface area (Å²) in [6.07, 6.45) is -0.205. The van der Waals surface area contributed by atoms with Crippen LogP contribution in [0.25, 0.3) is 0 Å². The fourth-order valence-electron chi connectivity index (χ4n) is 4.45. The number of aryl methyl sites for hydroxylation is 1. The molecule has 0 saturated carbocycles. The van der Waals surface area contributed by atoms with Crippen LogP contribution >= 0.6 is 0 Å². The summed E-state index contributed by atoms with van der Waals surface area (Å²) in [6, 6.07) is 8.16. The van der Waals surface area contributed by atoms with Crippen LogP contribution in [-0.2, 0) is 30.8 Å². The summed E-state index contributed by atoms with van der Waals surface area (Å²) >= 11 is 0. The highest BCUT2D eigenvalue weighted by atomic mass is 32.2. The van der Waals surface area contributed by atoms with Gasteiger partial charge in [0.25, 0.3) is 15.7 Å². The summed E-state index contributed by atoms with van der Waals surface area (Å²) in [5.74, 6) is -2.02. The van der Waals surface area contributed by atoms with E-state index in [0.29, 0.717) is 5.56 Å². The smallest absolute Gasteiger partial charge is 0.332 e. The lowest BCUT2D eigenvalue weighted by Crippen LogP contribution is -2.67. The van der Waals surface area contributed by atoms with Crippen LogP contribution in [0, 0.1) is 22.9 Å². The highest BCUT2D eigenvalue weighted by Gasteiger charge is 2.51. The van der Waals surface area contributed by atoms with E-state index < -0.39 is 60.4 Å². The van der Waals surface area contributed by atoms with Crippen molar-refractivity contribution in [3.05, 3.63) is 69.5 Å². The first-order chi connectivity index (χ1) is 17.5. The molecule has 0 aliphatic carbocycles. The van der Waals surface area contributed by atoms with Gasteiger partial charge in [-0.05, 0) is 64.8 Å². The number of halogens is 1. The zero-order chi connectivity index (χ0) is 28.6. The molecular formula is C26H32FN3O7S. The predicted octanol–water partition coefficient (Wildman–Crippen LogP) is 3.61. The number of nitro groups is 1. The largest absolute Gasteiger partial charge is 0.458 e. The number of carbonyl (C=O) groups is 2. The van der Waals surface area contributed by atoms with Crippen molar-refractivity contribution in [3.63, 3.8) is 0 Å². The maximum absolute atomic E-state index is 14.8. The number of esters is 1. The van der Waals surface area contributed by atoms with Gasteiger partial charge in [0, 0.05) is 25.6 Å². The molecule has 12 heteroatoms. The second-order valence-corrected chi connectivity index (χ2v) is 12.4. The van der Waals surface area contributed by atoms with Gasteiger partial charge in [0.2, 0.25) is 5.91 Å². The first-order valence-corrected chi connectivity index (χ1v) is 13.5. The number of amides is 1. The maximum atomic E-state index is 14.8. The van der Waals surface area contributed by atoms with Crippen molar-refractivity contribution in [3.8, 4) is 0 Å². The average Bonchev–Trinajstić information content (AvgIpc) is 2.81. The predicted molar refractivity (Wildman–Crippen MR) is 137 cm³/mol. The Balaban J connectivity index is 2.01. The minimum Gasteiger partial charge on any atom is -0.458 e. The molecule has 2 aromatic carbocycles. The lowest BCUT2D eigenvalue weighted by Gasteiger charge is -2.46. The molecule has 0 radical (unpaired) electrons. The van der Waals surface area contributed by atoms with Crippen molar-refractivity contribution >= 4 is 27.6 Å². The molecule has 1 saturated heterocycles. The molecule has 0 N–H and O–H groups in total. The average molecular weight is 550 g/mol. The Morgan fingerprint density at radius 1 is 1.16 bits per heavy atom. The first-order valence-electron chi connectivity index (χ1n) is 12.0. The monoisotopic (exact) mass is 549 g/mol. The minimum absolute atomic E-state index is 0.194. The van der Waals surface area contributed by atoms with Crippen LogP contribution in [-0.4, -0.2) is 64.7 Å². The molecule has 3 rings (SSSR count). The SMILES string of the molecule is Cc1ccc(C[C@@](C)(C(=O)OC(C)(C)C)N2CCN(S(=O)(=O)c3ccccc3[N+](=O)[O-])[C@@H](C)C2=O)c(F)c1. The summed E-state index contributed by atoms with van der Waals surface area (Å²) < 4.78 is 48.2. The van der Waals surface area contributed by atoms with Gasteiger partial charge in [0.15, 0.2) is 4.90 Å². The van der Waals surface area contributed by atoms with Crippen LogP contribution < -0.4 is 0 Å². The third-order valence-corrected chi connectivity index (χ3v) is 8.44. The second-order valence-electron chi connectivity index (χ2n) is 10.6. The Morgan fingerprint density at radius 3 is 2.37 bits per heavy atom. The molecule has 0 spiro atoms.